The molecule has 0 spiro atoms. The number of amidine groups is 1. The van der Waals surface area contributed by atoms with Crippen LogP contribution in [0.1, 0.15) is 49.9 Å². The van der Waals surface area contributed by atoms with Crippen molar-refractivity contribution in [1.29, 1.82) is 0 Å². The van der Waals surface area contributed by atoms with Gasteiger partial charge in [-0.1, -0.05) is 47.5 Å². The van der Waals surface area contributed by atoms with Crippen molar-refractivity contribution in [2.45, 2.75) is 44.9 Å². The maximum absolute atomic E-state index is 14.9. The molecule has 252 valence electrons. The first-order valence-electron chi connectivity index (χ1n) is 15.7. The molecule has 0 aliphatic carbocycles. The van der Waals surface area contributed by atoms with Crippen molar-refractivity contribution in [2.75, 3.05) is 51.8 Å². The van der Waals surface area contributed by atoms with Gasteiger partial charge >= 0.3 is 6.03 Å². The molecule has 2 amide bonds. The molecule has 2 aliphatic heterocycles. The number of methoxy groups -OCH3 is 1. The van der Waals surface area contributed by atoms with Crippen LogP contribution in [0.3, 0.4) is 0 Å². The minimum Gasteiger partial charge on any atom is -0.497 e. The number of carbonyl (C=O) groups is 1. The third-order valence-electron chi connectivity index (χ3n) is 8.60. The van der Waals surface area contributed by atoms with E-state index in [4.69, 9.17) is 37.7 Å². The summed E-state index contributed by atoms with van der Waals surface area (Å²) in [5.41, 5.74) is 1.53. The number of urea groups is 1. The van der Waals surface area contributed by atoms with Crippen LogP contribution in [-0.2, 0) is 15.4 Å². The number of hydrogen-bond donors (Lipinski definition) is 0. The Hall–Kier alpha value is -3.31. The van der Waals surface area contributed by atoms with Crippen molar-refractivity contribution < 1.29 is 22.7 Å². The molecule has 5 rings (SSSR count). The van der Waals surface area contributed by atoms with Crippen LogP contribution < -0.4 is 9.47 Å². The average molecular weight is 702 g/mol. The number of rotatable bonds is 10. The van der Waals surface area contributed by atoms with Gasteiger partial charge in [-0.25, -0.2) is 13.2 Å². The molecule has 1 fully saturated rings. The number of piperazine rings is 1. The van der Waals surface area contributed by atoms with E-state index in [0.717, 1.165) is 11.1 Å². The highest BCUT2D eigenvalue weighted by Crippen LogP contribution is 2.50. The molecule has 0 bridgehead atoms. The van der Waals surface area contributed by atoms with Crippen LogP contribution in [0, 0.1) is 0 Å². The van der Waals surface area contributed by atoms with Gasteiger partial charge in [0.1, 0.15) is 32.7 Å². The van der Waals surface area contributed by atoms with Gasteiger partial charge in [-0.05, 0) is 81.3 Å². The number of hydrogen-bond acceptors (Lipinski definition) is 7. The highest BCUT2D eigenvalue weighted by atomic mass is 35.5. The Morgan fingerprint density at radius 3 is 2.17 bits per heavy atom. The fraction of sp³-hybridized carbons (Fsp3) is 0.429. The molecule has 9 nitrogen and oxygen atoms in total. The summed E-state index contributed by atoms with van der Waals surface area (Å²) in [6.07, 6.45) is 1.68. The Morgan fingerprint density at radius 2 is 1.60 bits per heavy atom. The van der Waals surface area contributed by atoms with Crippen molar-refractivity contribution in [3.63, 3.8) is 0 Å². The second-order valence-electron chi connectivity index (χ2n) is 12.5. The number of nitrogens with zero attached hydrogens (tertiary/aromatic N) is 4. The molecule has 0 radical (unpaired) electrons. The van der Waals surface area contributed by atoms with Crippen LogP contribution in [0.25, 0.3) is 0 Å². The summed E-state index contributed by atoms with van der Waals surface area (Å²) in [6.45, 7) is 8.86. The van der Waals surface area contributed by atoms with Gasteiger partial charge in [-0.2, -0.15) is 0 Å². The van der Waals surface area contributed by atoms with Gasteiger partial charge in [0.25, 0.3) is 0 Å². The van der Waals surface area contributed by atoms with Gasteiger partial charge in [0.15, 0.2) is 0 Å². The molecule has 0 aromatic heterocycles. The van der Waals surface area contributed by atoms with Crippen molar-refractivity contribution in [2.24, 2.45) is 4.99 Å². The van der Waals surface area contributed by atoms with E-state index < -0.39 is 21.4 Å². The maximum atomic E-state index is 14.9. The van der Waals surface area contributed by atoms with Crippen LogP contribution in [0.2, 0.25) is 10.0 Å². The lowest BCUT2D eigenvalue weighted by Gasteiger charge is -2.40. The van der Waals surface area contributed by atoms with Crippen LogP contribution in [0.15, 0.2) is 71.7 Å². The number of carbonyl (C=O) groups excluding carboxylic acids is 1. The fourth-order valence-electron chi connectivity index (χ4n) is 6.26. The zero-order valence-electron chi connectivity index (χ0n) is 27.4. The third-order valence-corrected chi connectivity index (χ3v) is 10.1. The summed E-state index contributed by atoms with van der Waals surface area (Å²) >= 11 is 12.7. The van der Waals surface area contributed by atoms with Gasteiger partial charge in [0.2, 0.25) is 0 Å². The smallest absolute Gasteiger partial charge is 0.326 e. The van der Waals surface area contributed by atoms with E-state index in [0.29, 0.717) is 72.1 Å². The number of amides is 2. The van der Waals surface area contributed by atoms with Crippen molar-refractivity contribution in [3.8, 4) is 11.5 Å². The fourth-order valence-corrected chi connectivity index (χ4v) is 7.16. The molecule has 47 heavy (non-hydrogen) atoms. The van der Waals surface area contributed by atoms with Gasteiger partial charge in [-0.3, -0.25) is 14.8 Å². The predicted molar refractivity (Wildman–Crippen MR) is 188 cm³/mol. The van der Waals surface area contributed by atoms with Gasteiger partial charge < -0.3 is 14.4 Å². The molecule has 0 N–H and O–H groups in total. The average Bonchev–Trinajstić information content (AvgIpc) is 3.34. The molecule has 1 saturated heterocycles. The lowest BCUT2D eigenvalue weighted by atomic mass is 9.81. The van der Waals surface area contributed by atoms with Gasteiger partial charge in [0, 0.05) is 48.5 Å². The Labute approximate surface area is 288 Å². The van der Waals surface area contributed by atoms with Crippen LogP contribution >= 0.6 is 23.2 Å². The molecule has 12 heteroatoms. The highest BCUT2D eigenvalue weighted by molar-refractivity contribution is 7.90. The van der Waals surface area contributed by atoms with Crippen molar-refractivity contribution in [1.82, 2.24) is 14.7 Å². The van der Waals surface area contributed by atoms with E-state index in [1.54, 1.807) is 12.0 Å². The number of ether oxygens (including phenoxy) is 2. The molecule has 3 aromatic rings. The highest BCUT2D eigenvalue weighted by Gasteiger charge is 2.51. The molecule has 2 atom stereocenters. The monoisotopic (exact) mass is 700 g/mol. The SMILES string of the molecule is COc1ccc(C2=NC(C)(c3ccc(Cl)cc3)C(c3ccc(Cl)cc3)N2C(=O)N2CCN(CCCS(C)(=O)=O)CC2)c(OC(C)C)c1. The Morgan fingerprint density at radius 1 is 0.979 bits per heavy atom. The van der Waals surface area contributed by atoms with Crippen LogP contribution in [-0.4, -0.2) is 92.9 Å². The van der Waals surface area contributed by atoms with E-state index in [1.165, 1.54) is 6.26 Å². The Balaban J connectivity index is 1.59. The number of sulfone groups is 1. The van der Waals surface area contributed by atoms with Crippen LogP contribution in [0.5, 0.6) is 11.5 Å². The molecule has 3 aromatic carbocycles. The summed E-state index contributed by atoms with van der Waals surface area (Å²) in [4.78, 5) is 26.1. The van der Waals surface area contributed by atoms with Crippen molar-refractivity contribution in [3.05, 3.63) is 93.5 Å². The topological polar surface area (TPSA) is 91.8 Å². The molecule has 2 unspecified atom stereocenters. The third kappa shape index (κ3) is 8.05. The van der Waals surface area contributed by atoms with Gasteiger partial charge in [-0.15, -0.1) is 0 Å². The first kappa shape index (κ1) is 35.0. The summed E-state index contributed by atoms with van der Waals surface area (Å²) in [5, 5.41) is 1.20. The van der Waals surface area contributed by atoms with E-state index >= 15 is 0 Å². The zero-order chi connectivity index (χ0) is 33.9. The lowest BCUT2D eigenvalue weighted by Crippen LogP contribution is -2.55. The normalized spacial score (nSPS) is 20.4. The summed E-state index contributed by atoms with van der Waals surface area (Å²) < 4.78 is 35.1. The quantitative estimate of drug-likeness (QED) is 0.234. The molecular formula is C35H42Cl2N4O5S. The molecule has 2 aliphatic rings. The standard InChI is InChI=1S/C35H42Cl2N4O5S/c1-24(2)46-31-23-29(45-4)15-16-30(31)33-38-35(3,26-9-13-28(37)14-10-26)32(25-7-11-27(36)12-8-25)41(33)34(42)40-20-18-39(19-21-40)17-6-22-47(5,43)44/h7-16,23-24,32H,6,17-22H2,1-5H3. The second-order valence-corrected chi connectivity index (χ2v) is 15.7. The van der Waals surface area contributed by atoms with Gasteiger partial charge in [0.05, 0.1) is 30.6 Å². The maximum Gasteiger partial charge on any atom is 0.326 e. The molecule has 2 heterocycles. The number of benzene rings is 3. The Bertz CT molecular complexity index is 1710. The largest absolute Gasteiger partial charge is 0.497 e. The Kier molecular flexibility index (Phi) is 10.8. The molecular weight excluding hydrogens is 659 g/mol. The van der Waals surface area contributed by atoms with Crippen LogP contribution in [0.4, 0.5) is 4.79 Å². The first-order valence-corrected chi connectivity index (χ1v) is 18.6. The minimum atomic E-state index is -3.02. The van der Waals surface area contributed by atoms with E-state index in [-0.39, 0.29) is 17.9 Å². The number of halogens is 2. The predicted octanol–water partition coefficient (Wildman–Crippen LogP) is 6.68. The zero-order valence-corrected chi connectivity index (χ0v) is 29.8. The minimum absolute atomic E-state index is 0.141. The lowest BCUT2D eigenvalue weighted by molar-refractivity contribution is 0.115. The van der Waals surface area contributed by atoms with E-state index in [2.05, 4.69) is 4.90 Å². The second kappa shape index (κ2) is 14.4. The van der Waals surface area contributed by atoms with E-state index in [1.807, 2.05) is 92.4 Å². The summed E-state index contributed by atoms with van der Waals surface area (Å²) in [7, 11) is -1.42. The summed E-state index contributed by atoms with van der Waals surface area (Å²) in [6, 6.07) is 20.0. The van der Waals surface area contributed by atoms with Crippen molar-refractivity contribution >= 4 is 44.9 Å². The van der Waals surface area contributed by atoms with E-state index in [9.17, 15) is 13.2 Å². The first-order chi connectivity index (χ1) is 22.3. The molecule has 0 saturated carbocycles. The summed E-state index contributed by atoms with van der Waals surface area (Å²) in [5.74, 6) is 1.82. The number of aliphatic imine (C=N–C) groups is 1.